The Balaban J connectivity index is 1.56. The van der Waals surface area contributed by atoms with Crippen LogP contribution in [0.15, 0.2) is 34.7 Å². The average Bonchev–Trinajstić information content (AvgIpc) is 3.41. The molecule has 0 unspecified atom stereocenters. The maximum Gasteiger partial charge on any atom is 0.216 e. The molecule has 0 aliphatic carbocycles. The Morgan fingerprint density at radius 1 is 1.03 bits per heavy atom. The zero-order valence-corrected chi connectivity index (χ0v) is 20.3. The largest absolute Gasteiger partial charge is 0.356 e. The summed E-state index contributed by atoms with van der Waals surface area (Å²) in [5.41, 5.74) is 3.62. The number of benzene rings is 1. The number of Topliss-reactive ketones (excluding diaryl/α,β-unsaturated/α-hetero) is 1. The Hall–Kier alpha value is -2.23. The number of carbonyl (C=O) groups is 2. The monoisotopic (exact) mass is 474 g/mol. The summed E-state index contributed by atoms with van der Waals surface area (Å²) in [6, 6.07) is 10.2. The summed E-state index contributed by atoms with van der Waals surface area (Å²) in [4.78, 5) is 25.3. The lowest BCUT2D eigenvalue weighted by Crippen LogP contribution is -2.22. The maximum atomic E-state index is 12.5. The first-order valence-corrected chi connectivity index (χ1v) is 12.8. The van der Waals surface area contributed by atoms with Gasteiger partial charge in [0.15, 0.2) is 10.1 Å². The second kappa shape index (κ2) is 11.4. The van der Waals surface area contributed by atoms with Crippen LogP contribution in [0.1, 0.15) is 46.4 Å². The van der Waals surface area contributed by atoms with E-state index in [0.717, 1.165) is 44.2 Å². The average molecular weight is 475 g/mol. The minimum atomic E-state index is -0.0423. The molecule has 2 heterocycles. The number of thioether (sulfide) groups is 1. The second-order valence-electron chi connectivity index (χ2n) is 6.87. The lowest BCUT2D eigenvalue weighted by Gasteiger charge is -2.13. The van der Waals surface area contributed by atoms with Crippen molar-refractivity contribution in [3.05, 3.63) is 51.2 Å². The standard InChI is InChI=1S/C22H26N4O2S3/c1-4-15-7-6-8-16(5-2)20(15)24-21-25-26-22(31-21)29-13-18(28)19-10-9-17(30-19)11-12-23-14(3)27/h6-10H,4-5,11-13H2,1-3H3,(H,23,27)(H,24,25). The molecule has 0 fully saturated rings. The molecule has 0 atom stereocenters. The molecule has 6 nitrogen and oxygen atoms in total. The topological polar surface area (TPSA) is 84.0 Å². The number of hydrogen-bond donors (Lipinski definition) is 2. The summed E-state index contributed by atoms with van der Waals surface area (Å²) in [6.07, 6.45) is 2.62. The maximum absolute atomic E-state index is 12.5. The Bertz CT molecular complexity index is 1020. The van der Waals surface area contributed by atoms with Gasteiger partial charge in [-0.15, -0.1) is 21.5 Å². The molecule has 164 valence electrons. The van der Waals surface area contributed by atoms with Gasteiger partial charge in [0.05, 0.1) is 10.6 Å². The summed E-state index contributed by atoms with van der Waals surface area (Å²) < 4.78 is 0.769. The highest BCUT2D eigenvalue weighted by atomic mass is 32.2. The van der Waals surface area contributed by atoms with Crippen LogP contribution in [0.5, 0.6) is 0 Å². The number of aryl methyl sites for hydroxylation is 2. The van der Waals surface area contributed by atoms with Crippen molar-refractivity contribution < 1.29 is 9.59 Å². The molecule has 0 radical (unpaired) electrons. The third kappa shape index (κ3) is 6.62. The van der Waals surface area contributed by atoms with Crippen molar-refractivity contribution >= 4 is 56.9 Å². The zero-order valence-electron chi connectivity index (χ0n) is 17.9. The molecule has 1 amide bonds. The number of aromatic nitrogens is 2. The predicted octanol–water partition coefficient (Wildman–Crippen LogP) is 5.12. The SMILES string of the molecule is CCc1cccc(CC)c1Nc1nnc(SCC(=O)c2ccc(CCNC(C)=O)s2)s1. The highest BCUT2D eigenvalue weighted by Gasteiger charge is 2.14. The number of carbonyl (C=O) groups excluding carboxylic acids is 2. The first-order valence-electron chi connectivity index (χ1n) is 10.2. The fraction of sp³-hybridized carbons (Fsp3) is 0.364. The molecule has 0 spiro atoms. The van der Waals surface area contributed by atoms with E-state index in [1.54, 1.807) is 0 Å². The summed E-state index contributed by atoms with van der Waals surface area (Å²) in [7, 11) is 0. The second-order valence-corrected chi connectivity index (χ2v) is 10.2. The van der Waals surface area contributed by atoms with Gasteiger partial charge in [-0.3, -0.25) is 9.59 Å². The number of rotatable bonds is 11. The summed E-state index contributed by atoms with van der Waals surface area (Å²) in [5.74, 6) is 0.362. The summed E-state index contributed by atoms with van der Waals surface area (Å²) >= 11 is 4.36. The van der Waals surface area contributed by atoms with E-state index in [4.69, 9.17) is 0 Å². The van der Waals surface area contributed by atoms with Crippen molar-refractivity contribution in [2.45, 2.75) is 44.4 Å². The smallest absolute Gasteiger partial charge is 0.216 e. The molecule has 0 saturated carbocycles. The molecule has 0 saturated heterocycles. The Kier molecular flexibility index (Phi) is 8.62. The lowest BCUT2D eigenvalue weighted by molar-refractivity contribution is -0.118. The van der Waals surface area contributed by atoms with Crippen molar-refractivity contribution in [1.82, 2.24) is 15.5 Å². The number of hydrogen-bond acceptors (Lipinski definition) is 8. The molecule has 0 aliphatic rings. The van der Waals surface area contributed by atoms with Gasteiger partial charge in [0.2, 0.25) is 11.0 Å². The highest BCUT2D eigenvalue weighted by Crippen LogP contribution is 2.31. The molecule has 0 bridgehead atoms. The quantitative estimate of drug-likeness (QED) is 0.296. The van der Waals surface area contributed by atoms with Crippen LogP contribution in [0.25, 0.3) is 0 Å². The van der Waals surface area contributed by atoms with Crippen molar-refractivity contribution in [2.24, 2.45) is 0 Å². The van der Waals surface area contributed by atoms with Crippen molar-refractivity contribution in [3.63, 3.8) is 0 Å². The number of ketones is 1. The lowest BCUT2D eigenvalue weighted by atomic mass is 10.0. The number of thiophene rings is 1. The fourth-order valence-corrected chi connectivity index (χ4v) is 5.73. The van der Waals surface area contributed by atoms with E-state index in [9.17, 15) is 9.59 Å². The third-order valence-electron chi connectivity index (χ3n) is 4.65. The van der Waals surface area contributed by atoms with Crippen LogP contribution in [0, 0.1) is 0 Å². The first-order chi connectivity index (χ1) is 15.0. The van der Waals surface area contributed by atoms with E-state index in [1.807, 2.05) is 12.1 Å². The van der Waals surface area contributed by atoms with E-state index in [2.05, 4.69) is 52.9 Å². The number of para-hydroxylation sites is 1. The number of amides is 1. The van der Waals surface area contributed by atoms with Gasteiger partial charge in [0.1, 0.15) is 0 Å². The molecule has 3 rings (SSSR count). The van der Waals surface area contributed by atoms with Crippen LogP contribution in [0.2, 0.25) is 0 Å². The Labute approximate surface area is 194 Å². The van der Waals surface area contributed by atoms with E-state index >= 15 is 0 Å². The van der Waals surface area contributed by atoms with Crippen LogP contribution in [0.4, 0.5) is 10.8 Å². The molecule has 1 aromatic carbocycles. The van der Waals surface area contributed by atoms with E-state index in [0.29, 0.717) is 12.3 Å². The Morgan fingerprint density at radius 3 is 2.45 bits per heavy atom. The minimum absolute atomic E-state index is 0.0423. The van der Waals surface area contributed by atoms with Gasteiger partial charge in [-0.25, -0.2) is 0 Å². The molecule has 31 heavy (non-hydrogen) atoms. The first kappa shape index (κ1) is 23.4. The third-order valence-corrected chi connectivity index (χ3v) is 7.80. The molecule has 9 heteroatoms. The summed E-state index contributed by atoms with van der Waals surface area (Å²) in [5, 5.41) is 15.4. The van der Waals surface area contributed by atoms with Crippen molar-refractivity contribution in [3.8, 4) is 0 Å². The molecule has 0 aliphatic heterocycles. The van der Waals surface area contributed by atoms with Crippen LogP contribution < -0.4 is 10.6 Å². The van der Waals surface area contributed by atoms with Crippen molar-refractivity contribution in [2.75, 3.05) is 17.6 Å². The molecule has 2 aromatic heterocycles. The number of nitrogens with zero attached hydrogens (tertiary/aromatic N) is 2. The highest BCUT2D eigenvalue weighted by molar-refractivity contribution is 8.01. The molecule has 2 N–H and O–H groups in total. The minimum Gasteiger partial charge on any atom is -0.356 e. The zero-order chi connectivity index (χ0) is 22.2. The van der Waals surface area contributed by atoms with Gasteiger partial charge in [0, 0.05) is 24.0 Å². The predicted molar refractivity (Wildman–Crippen MR) is 130 cm³/mol. The van der Waals surface area contributed by atoms with Gasteiger partial charge in [-0.05, 0) is 42.5 Å². The van der Waals surface area contributed by atoms with Crippen LogP contribution >= 0.6 is 34.4 Å². The molecular weight excluding hydrogens is 448 g/mol. The Morgan fingerprint density at radius 2 is 1.77 bits per heavy atom. The van der Waals surface area contributed by atoms with Gasteiger partial charge < -0.3 is 10.6 Å². The normalized spacial score (nSPS) is 10.8. The van der Waals surface area contributed by atoms with Crippen LogP contribution in [0.3, 0.4) is 0 Å². The van der Waals surface area contributed by atoms with Crippen molar-refractivity contribution in [1.29, 1.82) is 0 Å². The summed E-state index contributed by atoms with van der Waals surface area (Å²) in [6.45, 7) is 6.37. The molecule has 3 aromatic rings. The number of anilines is 2. The van der Waals surface area contributed by atoms with E-state index in [1.165, 1.54) is 52.5 Å². The van der Waals surface area contributed by atoms with Gasteiger partial charge in [0.25, 0.3) is 0 Å². The van der Waals surface area contributed by atoms with Crippen LogP contribution in [-0.4, -0.2) is 34.2 Å². The van der Waals surface area contributed by atoms with Crippen LogP contribution in [-0.2, 0) is 24.1 Å². The fourth-order valence-electron chi connectivity index (χ4n) is 3.05. The van der Waals surface area contributed by atoms with Gasteiger partial charge >= 0.3 is 0 Å². The number of nitrogens with one attached hydrogen (secondary N) is 2. The molecular formula is C22H26N4O2S3. The van der Waals surface area contributed by atoms with Gasteiger partial charge in [-0.2, -0.15) is 0 Å². The van der Waals surface area contributed by atoms with E-state index < -0.39 is 0 Å². The van der Waals surface area contributed by atoms with Gasteiger partial charge in [-0.1, -0.05) is 55.1 Å². The van der Waals surface area contributed by atoms with E-state index in [-0.39, 0.29) is 11.7 Å².